The second-order valence-electron chi connectivity index (χ2n) is 6.04. The molecule has 0 aliphatic rings. The van der Waals surface area contributed by atoms with E-state index in [9.17, 15) is 9.59 Å². The van der Waals surface area contributed by atoms with Gasteiger partial charge in [0, 0.05) is 16.7 Å². The molecule has 20 heavy (non-hydrogen) atoms. The minimum Gasteiger partial charge on any atom is -0.467 e. The fraction of sp³-hybridized carbons (Fsp3) is 0.846. The van der Waals surface area contributed by atoms with Gasteiger partial charge in [0.25, 0.3) is 0 Å². The monoisotopic (exact) mass is 322 g/mol. The molecule has 0 aliphatic carbocycles. The number of rotatable bonds is 8. The number of carbonyl (C=O) groups is 2. The standard InChI is InChI=1S/C13H27N2O3PS/c1-12(2,14-5)8-10(16)15-9(11(17)18-6)7-13(3,4)20-19/h9,14H,7-8,19H2,1-6H3,(H,15,16). The third-order valence-electron chi connectivity index (χ3n) is 3.11. The summed E-state index contributed by atoms with van der Waals surface area (Å²) in [5.41, 5.74) is -0.310. The number of nitrogens with one attached hydrogen (secondary N) is 2. The molecule has 5 nitrogen and oxygen atoms in total. The maximum Gasteiger partial charge on any atom is 0.328 e. The molecule has 0 fully saturated rings. The van der Waals surface area contributed by atoms with E-state index in [4.69, 9.17) is 4.74 Å². The van der Waals surface area contributed by atoms with Crippen molar-refractivity contribution in [3.63, 3.8) is 0 Å². The molecule has 0 radical (unpaired) electrons. The molecule has 2 unspecified atom stereocenters. The van der Waals surface area contributed by atoms with Crippen LogP contribution in [0.25, 0.3) is 0 Å². The lowest BCUT2D eigenvalue weighted by Crippen LogP contribution is -2.48. The molecule has 0 aromatic rings. The van der Waals surface area contributed by atoms with Crippen molar-refractivity contribution in [2.24, 2.45) is 0 Å². The van der Waals surface area contributed by atoms with E-state index in [2.05, 4.69) is 19.1 Å². The first-order chi connectivity index (χ1) is 9.06. The Labute approximate surface area is 128 Å². The molecule has 0 aromatic heterocycles. The van der Waals surface area contributed by atoms with Gasteiger partial charge < -0.3 is 15.4 Å². The third kappa shape index (κ3) is 7.46. The molecule has 0 saturated heterocycles. The van der Waals surface area contributed by atoms with Crippen molar-refractivity contribution in [2.75, 3.05) is 14.2 Å². The summed E-state index contributed by atoms with van der Waals surface area (Å²) >= 11 is 1.57. The number of carbonyl (C=O) groups excluding carboxylic acids is 2. The number of esters is 1. The molecule has 0 heterocycles. The second-order valence-corrected chi connectivity index (χ2v) is 8.08. The van der Waals surface area contributed by atoms with E-state index in [0.717, 1.165) is 0 Å². The molecule has 2 atom stereocenters. The average molecular weight is 322 g/mol. The summed E-state index contributed by atoms with van der Waals surface area (Å²) in [5.74, 6) is -0.572. The van der Waals surface area contributed by atoms with E-state index in [-0.39, 0.29) is 16.2 Å². The van der Waals surface area contributed by atoms with Crippen LogP contribution in [0, 0.1) is 0 Å². The van der Waals surface area contributed by atoms with Gasteiger partial charge >= 0.3 is 5.97 Å². The number of ether oxygens (including phenoxy) is 1. The molecule has 0 aliphatic heterocycles. The summed E-state index contributed by atoms with van der Waals surface area (Å²) < 4.78 is 4.63. The normalized spacial score (nSPS) is 13.8. The molecule has 1 amide bonds. The largest absolute Gasteiger partial charge is 0.467 e. The van der Waals surface area contributed by atoms with Gasteiger partial charge in [0.1, 0.15) is 6.04 Å². The van der Waals surface area contributed by atoms with Crippen LogP contribution in [0.1, 0.15) is 40.5 Å². The Bertz CT molecular complexity index is 349. The van der Waals surface area contributed by atoms with Crippen molar-refractivity contribution in [2.45, 2.75) is 56.9 Å². The lowest BCUT2D eigenvalue weighted by Gasteiger charge is -2.28. The second kappa shape index (κ2) is 8.20. The predicted octanol–water partition coefficient (Wildman–Crippen LogP) is 1.72. The van der Waals surface area contributed by atoms with Crippen LogP contribution in [0.15, 0.2) is 0 Å². The van der Waals surface area contributed by atoms with Crippen LogP contribution >= 0.6 is 19.8 Å². The van der Waals surface area contributed by atoms with E-state index >= 15 is 0 Å². The van der Waals surface area contributed by atoms with E-state index in [0.29, 0.717) is 12.8 Å². The predicted molar refractivity (Wildman–Crippen MR) is 87.7 cm³/mol. The number of hydrogen-bond acceptors (Lipinski definition) is 5. The van der Waals surface area contributed by atoms with Gasteiger partial charge in [-0.1, -0.05) is 22.3 Å². The van der Waals surface area contributed by atoms with Crippen molar-refractivity contribution < 1.29 is 14.3 Å². The first-order valence-electron chi connectivity index (χ1n) is 6.51. The highest BCUT2D eigenvalue weighted by Crippen LogP contribution is 2.34. The Balaban J connectivity index is 4.75. The van der Waals surface area contributed by atoms with Crippen molar-refractivity contribution in [3.8, 4) is 0 Å². The first kappa shape index (κ1) is 19.7. The molecule has 0 aromatic carbocycles. The fourth-order valence-corrected chi connectivity index (χ4v) is 2.16. The molecule has 0 rings (SSSR count). The average Bonchev–Trinajstić information content (AvgIpc) is 2.36. The van der Waals surface area contributed by atoms with Crippen molar-refractivity contribution in [1.29, 1.82) is 0 Å². The van der Waals surface area contributed by atoms with E-state index < -0.39 is 12.0 Å². The third-order valence-corrected chi connectivity index (χ3v) is 5.83. The quantitative estimate of drug-likeness (QED) is 0.526. The zero-order chi connectivity index (χ0) is 16.0. The van der Waals surface area contributed by atoms with Gasteiger partial charge in [-0.3, -0.25) is 4.79 Å². The molecule has 2 N–H and O–H groups in total. The van der Waals surface area contributed by atoms with E-state index in [1.54, 1.807) is 18.4 Å². The topological polar surface area (TPSA) is 67.4 Å². The van der Waals surface area contributed by atoms with Gasteiger partial charge in [0.2, 0.25) is 5.91 Å². The minimum atomic E-state index is -0.622. The lowest BCUT2D eigenvalue weighted by molar-refractivity contribution is -0.145. The van der Waals surface area contributed by atoms with Crippen LogP contribution in [0.4, 0.5) is 0 Å². The molecular weight excluding hydrogens is 295 g/mol. The van der Waals surface area contributed by atoms with E-state index in [1.807, 2.05) is 27.7 Å². The van der Waals surface area contributed by atoms with Gasteiger partial charge in [0.05, 0.1) is 7.11 Å². The molecule has 0 bridgehead atoms. The number of amides is 1. The van der Waals surface area contributed by atoms with Crippen molar-refractivity contribution >= 4 is 31.7 Å². The van der Waals surface area contributed by atoms with Crippen LogP contribution in [0.3, 0.4) is 0 Å². The maximum atomic E-state index is 12.1. The maximum absolute atomic E-state index is 12.1. The molecule has 0 spiro atoms. The molecule has 0 saturated carbocycles. The first-order valence-corrected chi connectivity index (χ1v) is 8.80. The highest BCUT2D eigenvalue weighted by atomic mass is 32.7. The molecular formula is C13H27N2O3PS. The van der Waals surface area contributed by atoms with Crippen LogP contribution in [0.2, 0.25) is 0 Å². The SMILES string of the molecule is CNC(C)(C)CC(=O)NC(CC(C)(C)SP)C(=O)OC. The zero-order valence-corrected chi connectivity index (χ0v) is 15.2. The Hall–Kier alpha value is -0.320. The molecule has 7 heteroatoms. The zero-order valence-electron chi connectivity index (χ0n) is 13.2. The van der Waals surface area contributed by atoms with E-state index in [1.165, 1.54) is 7.11 Å². The smallest absolute Gasteiger partial charge is 0.328 e. The summed E-state index contributed by atoms with van der Waals surface area (Å²) in [6.45, 7) is 7.90. The van der Waals surface area contributed by atoms with Crippen LogP contribution < -0.4 is 10.6 Å². The van der Waals surface area contributed by atoms with Gasteiger partial charge in [-0.15, -0.1) is 11.4 Å². The summed E-state index contributed by atoms with van der Waals surface area (Å²) in [5, 5.41) is 5.84. The Morgan fingerprint density at radius 3 is 2.25 bits per heavy atom. The van der Waals surface area contributed by atoms with Crippen LogP contribution in [-0.2, 0) is 14.3 Å². The van der Waals surface area contributed by atoms with Gasteiger partial charge in [-0.2, -0.15) is 0 Å². The molecule has 118 valence electrons. The number of hydrogen-bond donors (Lipinski definition) is 2. The Kier molecular flexibility index (Phi) is 8.07. The Morgan fingerprint density at radius 1 is 1.30 bits per heavy atom. The van der Waals surface area contributed by atoms with Crippen molar-refractivity contribution in [1.82, 2.24) is 10.6 Å². The van der Waals surface area contributed by atoms with Crippen LogP contribution in [0.5, 0.6) is 0 Å². The number of methoxy groups -OCH3 is 1. The van der Waals surface area contributed by atoms with Gasteiger partial charge in [-0.25, -0.2) is 4.79 Å². The summed E-state index contributed by atoms with van der Waals surface area (Å²) in [6.07, 6.45) is 0.811. The Morgan fingerprint density at radius 2 is 1.85 bits per heavy atom. The fourth-order valence-electron chi connectivity index (χ4n) is 1.61. The van der Waals surface area contributed by atoms with Gasteiger partial charge in [-0.05, 0) is 27.3 Å². The van der Waals surface area contributed by atoms with Crippen LogP contribution in [-0.4, -0.2) is 42.4 Å². The summed E-state index contributed by atoms with van der Waals surface area (Å²) in [7, 11) is 5.73. The summed E-state index contributed by atoms with van der Waals surface area (Å²) in [6, 6.07) is -0.622. The van der Waals surface area contributed by atoms with Crippen molar-refractivity contribution in [3.05, 3.63) is 0 Å². The summed E-state index contributed by atoms with van der Waals surface area (Å²) in [4.78, 5) is 23.9. The van der Waals surface area contributed by atoms with Gasteiger partial charge in [0.15, 0.2) is 0 Å². The highest BCUT2D eigenvalue weighted by molar-refractivity contribution is 8.44. The highest BCUT2D eigenvalue weighted by Gasteiger charge is 2.30. The lowest BCUT2D eigenvalue weighted by atomic mass is 9.99. The minimum absolute atomic E-state index is 0.144.